The molecule has 84 valence electrons. The Balaban J connectivity index is 2.68. The molecule has 0 saturated carbocycles. The van der Waals surface area contributed by atoms with E-state index < -0.39 is 5.54 Å². The number of hydrogen-bond acceptors (Lipinski definition) is 3. The molecule has 1 atom stereocenters. The smallest absolute Gasteiger partial charge is 0.335 e. The maximum Gasteiger partial charge on any atom is 0.335 e. The summed E-state index contributed by atoms with van der Waals surface area (Å²) >= 11 is 0. The van der Waals surface area contributed by atoms with Gasteiger partial charge in [-0.1, -0.05) is 19.1 Å². The zero-order valence-corrected chi connectivity index (χ0v) is 9.21. The molecule has 15 heavy (non-hydrogen) atoms. The molecule has 0 unspecified atom stereocenters. The second-order valence-corrected chi connectivity index (χ2v) is 3.73. The monoisotopic (exact) mass is 211 g/mol. The fourth-order valence-electron chi connectivity index (χ4n) is 1.64. The fraction of sp³-hybridized carbons (Fsp3) is 0.636. The topological polar surface area (TPSA) is 55.4 Å². The number of esters is 1. The molecule has 1 amide bonds. The number of amides is 1. The van der Waals surface area contributed by atoms with E-state index in [1.807, 2.05) is 13.0 Å². The molecule has 1 aliphatic rings. The van der Waals surface area contributed by atoms with Crippen LogP contribution >= 0.6 is 0 Å². The molecular weight excluding hydrogens is 194 g/mol. The van der Waals surface area contributed by atoms with Gasteiger partial charge < -0.3 is 10.1 Å². The summed E-state index contributed by atoms with van der Waals surface area (Å²) in [5.41, 5.74) is -0.916. The first-order valence-corrected chi connectivity index (χ1v) is 5.24. The van der Waals surface area contributed by atoms with E-state index in [4.69, 9.17) is 4.74 Å². The number of ether oxygens (including phenoxy) is 1. The van der Waals surface area contributed by atoms with E-state index in [0.29, 0.717) is 13.0 Å². The summed E-state index contributed by atoms with van der Waals surface area (Å²) in [5.74, 6) is -0.566. The van der Waals surface area contributed by atoms with Gasteiger partial charge in [0.15, 0.2) is 5.54 Å². The van der Waals surface area contributed by atoms with Crippen LogP contribution in [0.2, 0.25) is 0 Å². The quantitative estimate of drug-likeness (QED) is 0.561. The molecule has 0 bridgehead atoms. The molecule has 0 aromatic rings. The molecule has 0 aromatic carbocycles. The second-order valence-electron chi connectivity index (χ2n) is 3.73. The molecule has 0 aliphatic heterocycles. The minimum Gasteiger partial charge on any atom is -0.464 e. The Hall–Kier alpha value is -1.32. The molecule has 1 rings (SSSR count). The van der Waals surface area contributed by atoms with Crippen molar-refractivity contribution < 1.29 is 14.3 Å². The van der Waals surface area contributed by atoms with Gasteiger partial charge in [0.05, 0.1) is 6.61 Å². The summed E-state index contributed by atoms with van der Waals surface area (Å²) in [6, 6.07) is 0. The maximum absolute atomic E-state index is 11.8. The van der Waals surface area contributed by atoms with Crippen molar-refractivity contribution in [2.24, 2.45) is 0 Å². The highest BCUT2D eigenvalue weighted by molar-refractivity contribution is 5.89. The number of hydrogen-bond donors (Lipinski definition) is 1. The molecule has 0 spiro atoms. The molecule has 1 N–H and O–H groups in total. The lowest BCUT2D eigenvalue weighted by molar-refractivity contribution is -0.151. The van der Waals surface area contributed by atoms with E-state index in [1.54, 1.807) is 6.08 Å². The standard InChI is InChI=1S/C11H17NO3/c1-3-8-15-10(14)11(12-9(2)13)6-4-5-7-11/h4,6H,3,5,7-8H2,1-2H3,(H,12,13)/t11-/m1/s1. The normalized spacial score (nSPS) is 23.9. The van der Waals surface area contributed by atoms with Gasteiger partial charge in [-0.05, 0) is 19.3 Å². The zero-order valence-electron chi connectivity index (χ0n) is 9.21. The highest BCUT2D eigenvalue weighted by Crippen LogP contribution is 2.24. The molecule has 0 fully saturated rings. The lowest BCUT2D eigenvalue weighted by Gasteiger charge is -2.25. The summed E-state index contributed by atoms with van der Waals surface area (Å²) in [7, 11) is 0. The number of allylic oxidation sites excluding steroid dienone is 1. The van der Waals surface area contributed by atoms with Crippen molar-refractivity contribution in [1.29, 1.82) is 0 Å². The average Bonchev–Trinajstić information content (AvgIpc) is 2.62. The molecule has 4 nitrogen and oxygen atoms in total. The van der Waals surface area contributed by atoms with E-state index in [0.717, 1.165) is 12.8 Å². The predicted molar refractivity (Wildman–Crippen MR) is 56.2 cm³/mol. The highest BCUT2D eigenvalue weighted by Gasteiger charge is 2.40. The van der Waals surface area contributed by atoms with Crippen molar-refractivity contribution >= 4 is 11.9 Å². The molecule has 0 aromatic heterocycles. The van der Waals surface area contributed by atoms with Gasteiger partial charge >= 0.3 is 5.97 Å². The Bertz CT molecular complexity index is 286. The Morgan fingerprint density at radius 1 is 1.53 bits per heavy atom. The molecule has 4 heteroatoms. The van der Waals surface area contributed by atoms with Crippen LogP contribution in [0.5, 0.6) is 0 Å². The van der Waals surface area contributed by atoms with Crippen molar-refractivity contribution in [1.82, 2.24) is 5.32 Å². The minimum absolute atomic E-state index is 0.213. The van der Waals surface area contributed by atoms with Crippen LogP contribution in [0, 0.1) is 0 Å². The number of rotatable bonds is 4. The first-order chi connectivity index (χ1) is 7.10. The first kappa shape index (κ1) is 11.8. The Kier molecular flexibility index (Phi) is 3.88. The largest absolute Gasteiger partial charge is 0.464 e. The molecule has 0 radical (unpaired) electrons. The van der Waals surface area contributed by atoms with Crippen LogP contribution in [0.25, 0.3) is 0 Å². The van der Waals surface area contributed by atoms with Crippen LogP contribution in [-0.2, 0) is 14.3 Å². The summed E-state index contributed by atoms with van der Waals surface area (Å²) in [6.07, 6.45) is 5.79. The fourth-order valence-corrected chi connectivity index (χ4v) is 1.64. The summed E-state index contributed by atoms with van der Waals surface area (Å²) < 4.78 is 5.07. The van der Waals surface area contributed by atoms with Gasteiger partial charge in [-0.3, -0.25) is 4.79 Å². The SMILES string of the molecule is CCCOC(=O)[C@@]1(NC(C)=O)C=CCC1. The van der Waals surface area contributed by atoms with Crippen LogP contribution in [0.15, 0.2) is 12.2 Å². The van der Waals surface area contributed by atoms with E-state index >= 15 is 0 Å². The van der Waals surface area contributed by atoms with Gasteiger partial charge in [0.1, 0.15) is 0 Å². The van der Waals surface area contributed by atoms with Gasteiger partial charge in [0, 0.05) is 6.92 Å². The van der Waals surface area contributed by atoms with Crippen LogP contribution in [-0.4, -0.2) is 24.0 Å². The number of nitrogens with one attached hydrogen (secondary N) is 1. The Morgan fingerprint density at radius 3 is 2.73 bits per heavy atom. The van der Waals surface area contributed by atoms with Crippen molar-refractivity contribution in [3.05, 3.63) is 12.2 Å². The van der Waals surface area contributed by atoms with Crippen molar-refractivity contribution in [3.63, 3.8) is 0 Å². The summed E-state index contributed by atoms with van der Waals surface area (Å²) in [5, 5.41) is 2.66. The summed E-state index contributed by atoms with van der Waals surface area (Å²) in [4.78, 5) is 22.8. The lowest BCUT2D eigenvalue weighted by atomic mass is 9.99. The molecular formula is C11H17NO3. The summed E-state index contributed by atoms with van der Waals surface area (Å²) in [6.45, 7) is 3.73. The Labute approximate surface area is 89.7 Å². The Morgan fingerprint density at radius 2 is 2.27 bits per heavy atom. The third-order valence-electron chi connectivity index (χ3n) is 2.31. The molecule has 0 saturated heterocycles. The van der Waals surface area contributed by atoms with Gasteiger partial charge in [-0.15, -0.1) is 0 Å². The number of carbonyl (C=O) groups excluding carboxylic acids is 2. The average molecular weight is 211 g/mol. The van der Waals surface area contributed by atoms with E-state index in [1.165, 1.54) is 6.92 Å². The van der Waals surface area contributed by atoms with Crippen molar-refractivity contribution in [2.75, 3.05) is 6.61 Å². The van der Waals surface area contributed by atoms with Gasteiger partial charge in [-0.2, -0.15) is 0 Å². The van der Waals surface area contributed by atoms with Crippen molar-refractivity contribution in [2.45, 2.75) is 38.6 Å². The lowest BCUT2D eigenvalue weighted by Crippen LogP contribution is -2.52. The maximum atomic E-state index is 11.8. The number of carbonyl (C=O) groups is 2. The van der Waals surface area contributed by atoms with Crippen LogP contribution in [0.1, 0.15) is 33.1 Å². The van der Waals surface area contributed by atoms with Crippen LogP contribution in [0.4, 0.5) is 0 Å². The van der Waals surface area contributed by atoms with Crippen LogP contribution < -0.4 is 5.32 Å². The minimum atomic E-state index is -0.916. The third kappa shape index (κ3) is 2.81. The predicted octanol–water partition coefficient (Wildman–Crippen LogP) is 1.16. The van der Waals surface area contributed by atoms with Crippen LogP contribution in [0.3, 0.4) is 0 Å². The zero-order chi connectivity index (χ0) is 11.3. The van der Waals surface area contributed by atoms with E-state index in [-0.39, 0.29) is 11.9 Å². The van der Waals surface area contributed by atoms with E-state index in [2.05, 4.69) is 5.32 Å². The third-order valence-corrected chi connectivity index (χ3v) is 2.31. The van der Waals surface area contributed by atoms with Gasteiger partial charge in [0.2, 0.25) is 5.91 Å². The highest BCUT2D eigenvalue weighted by atomic mass is 16.5. The first-order valence-electron chi connectivity index (χ1n) is 5.24. The van der Waals surface area contributed by atoms with Crippen molar-refractivity contribution in [3.8, 4) is 0 Å². The molecule has 0 heterocycles. The molecule has 1 aliphatic carbocycles. The van der Waals surface area contributed by atoms with E-state index in [9.17, 15) is 9.59 Å². The second kappa shape index (κ2) is 4.96. The van der Waals surface area contributed by atoms with Gasteiger partial charge in [-0.25, -0.2) is 4.79 Å². The van der Waals surface area contributed by atoms with Gasteiger partial charge in [0.25, 0.3) is 0 Å².